The number of nitrogens with zero attached hydrogens (tertiary/aromatic N) is 2. The van der Waals surface area contributed by atoms with Crippen LogP contribution in [0.2, 0.25) is 5.02 Å². The van der Waals surface area contributed by atoms with E-state index in [4.69, 9.17) is 17.3 Å². The lowest BCUT2D eigenvalue weighted by molar-refractivity contribution is -0.131. The second-order valence-electron chi connectivity index (χ2n) is 6.21. The monoisotopic (exact) mass is 362 g/mol. The predicted molar refractivity (Wildman–Crippen MR) is 94.7 cm³/mol. The second-order valence-corrected chi connectivity index (χ2v) is 6.62. The lowest BCUT2D eigenvalue weighted by Gasteiger charge is -2.30. The molecule has 0 aromatic heterocycles. The Morgan fingerprint density at radius 3 is 2.64 bits per heavy atom. The van der Waals surface area contributed by atoms with E-state index in [1.165, 1.54) is 6.21 Å². The first-order valence-corrected chi connectivity index (χ1v) is 8.59. The number of urea groups is 1. The number of nitrogens with one attached hydrogen (secondary N) is 1. The molecule has 8 heteroatoms. The number of halogens is 1. The van der Waals surface area contributed by atoms with Gasteiger partial charge in [-0.15, -0.1) is 0 Å². The van der Waals surface area contributed by atoms with Crippen LogP contribution >= 0.6 is 11.6 Å². The minimum atomic E-state index is -1.18. The molecule has 25 heavy (non-hydrogen) atoms. The first kappa shape index (κ1) is 17.6. The normalized spacial score (nSPS) is 27.7. The number of aliphatic imine (C=N–C) groups is 1. The molecule has 0 unspecified atom stereocenters. The van der Waals surface area contributed by atoms with Crippen LogP contribution in [0.5, 0.6) is 0 Å². The van der Waals surface area contributed by atoms with Crippen LogP contribution in [-0.4, -0.2) is 36.1 Å². The summed E-state index contributed by atoms with van der Waals surface area (Å²) in [6, 6.07) is 5.45. The summed E-state index contributed by atoms with van der Waals surface area (Å²) in [6.07, 6.45) is 5.09. The van der Waals surface area contributed by atoms with Crippen LogP contribution in [0, 0.1) is 5.92 Å². The van der Waals surface area contributed by atoms with Gasteiger partial charge in [-0.05, 0) is 25.0 Å². The van der Waals surface area contributed by atoms with Gasteiger partial charge in [0, 0.05) is 12.3 Å². The Balaban J connectivity index is 1.84. The van der Waals surface area contributed by atoms with E-state index in [0.717, 1.165) is 30.6 Å². The molecule has 2 aliphatic rings. The molecule has 3 N–H and O–H groups in total. The molecular formula is C17H19ClN4O3. The van der Waals surface area contributed by atoms with Gasteiger partial charge in [-0.1, -0.05) is 36.6 Å². The van der Waals surface area contributed by atoms with E-state index in [2.05, 4.69) is 10.3 Å². The minimum Gasteiger partial charge on any atom is -0.326 e. The number of para-hydroxylation sites is 1. The summed E-state index contributed by atoms with van der Waals surface area (Å²) in [5.41, 5.74) is 6.27. The molecule has 1 aliphatic heterocycles. The number of rotatable bonds is 3. The van der Waals surface area contributed by atoms with Gasteiger partial charge in [0.05, 0.1) is 16.8 Å². The van der Waals surface area contributed by atoms with Gasteiger partial charge in [0.2, 0.25) is 5.91 Å². The van der Waals surface area contributed by atoms with Crippen LogP contribution in [-0.2, 0) is 9.59 Å². The summed E-state index contributed by atoms with van der Waals surface area (Å²) >= 11 is 6.08. The number of benzene rings is 1. The number of carbonyl (C=O) groups is 3. The second kappa shape index (κ2) is 7.33. The third-order valence-electron chi connectivity index (χ3n) is 4.50. The molecule has 3 atom stereocenters. The maximum absolute atomic E-state index is 12.7. The summed E-state index contributed by atoms with van der Waals surface area (Å²) in [6.45, 7) is 0. The number of amides is 4. The standard InChI is InChI=1S/C17H19ClN4O3/c18-11-5-1-4-8-14(11)22-16(24)10(15(23)21-17(22)25)9-20-13-7-3-2-6-12(13)19/h1,4-5,8-10,12-13H,2-3,6-7,19H2,(H,21,23,25)/t10-,12+,13-/m1/s1. The Morgan fingerprint density at radius 2 is 1.92 bits per heavy atom. The number of nitrogens with two attached hydrogens (primary N) is 1. The molecule has 2 fully saturated rings. The average Bonchev–Trinajstić information content (AvgIpc) is 2.57. The Kier molecular flexibility index (Phi) is 5.15. The summed E-state index contributed by atoms with van der Waals surface area (Å²) in [7, 11) is 0. The average molecular weight is 363 g/mol. The summed E-state index contributed by atoms with van der Waals surface area (Å²) < 4.78 is 0. The topological polar surface area (TPSA) is 105 Å². The zero-order valence-electron chi connectivity index (χ0n) is 13.5. The molecule has 0 radical (unpaired) electrons. The van der Waals surface area contributed by atoms with E-state index in [-0.39, 0.29) is 22.8 Å². The quantitative estimate of drug-likeness (QED) is 0.632. The van der Waals surface area contributed by atoms with Gasteiger partial charge >= 0.3 is 6.03 Å². The molecule has 1 aromatic carbocycles. The van der Waals surface area contributed by atoms with E-state index in [9.17, 15) is 14.4 Å². The van der Waals surface area contributed by atoms with Crippen molar-refractivity contribution in [3.05, 3.63) is 29.3 Å². The molecule has 4 amide bonds. The third-order valence-corrected chi connectivity index (χ3v) is 4.82. The number of barbiturate groups is 1. The smallest absolute Gasteiger partial charge is 0.326 e. The summed E-state index contributed by atoms with van der Waals surface area (Å²) in [5.74, 6) is -2.54. The number of carbonyl (C=O) groups excluding carboxylic acids is 3. The van der Waals surface area contributed by atoms with Crippen LogP contribution in [0.4, 0.5) is 10.5 Å². The Hall–Kier alpha value is -2.25. The van der Waals surface area contributed by atoms with Crippen molar-refractivity contribution in [3.8, 4) is 0 Å². The molecule has 1 aliphatic carbocycles. The Bertz CT molecular complexity index is 736. The fourth-order valence-electron chi connectivity index (χ4n) is 3.10. The summed E-state index contributed by atoms with van der Waals surface area (Å²) in [4.78, 5) is 42.2. The van der Waals surface area contributed by atoms with Crippen molar-refractivity contribution in [2.24, 2.45) is 16.6 Å². The molecular weight excluding hydrogens is 344 g/mol. The lowest BCUT2D eigenvalue weighted by atomic mass is 9.91. The first-order chi connectivity index (χ1) is 12.0. The van der Waals surface area contributed by atoms with E-state index in [0.29, 0.717) is 0 Å². The van der Waals surface area contributed by atoms with Gasteiger partial charge in [0.1, 0.15) is 0 Å². The molecule has 7 nitrogen and oxygen atoms in total. The maximum Gasteiger partial charge on any atom is 0.335 e. The van der Waals surface area contributed by atoms with Gasteiger partial charge < -0.3 is 5.73 Å². The molecule has 1 saturated heterocycles. The van der Waals surface area contributed by atoms with Crippen molar-refractivity contribution in [3.63, 3.8) is 0 Å². The zero-order valence-corrected chi connectivity index (χ0v) is 14.3. The molecule has 0 spiro atoms. The number of hydrogen-bond acceptors (Lipinski definition) is 5. The van der Waals surface area contributed by atoms with Crippen molar-refractivity contribution in [1.29, 1.82) is 0 Å². The number of anilines is 1. The van der Waals surface area contributed by atoms with Gasteiger partial charge in [0.25, 0.3) is 5.91 Å². The van der Waals surface area contributed by atoms with Gasteiger partial charge in [0.15, 0.2) is 5.92 Å². The highest BCUT2D eigenvalue weighted by molar-refractivity contribution is 6.38. The van der Waals surface area contributed by atoms with E-state index in [1.54, 1.807) is 24.3 Å². The maximum atomic E-state index is 12.7. The SMILES string of the molecule is N[C@H]1CCCC[C@H]1N=C[C@@H]1C(=O)NC(=O)N(c2ccccc2Cl)C1=O. The lowest BCUT2D eigenvalue weighted by Crippen LogP contribution is -2.58. The minimum absolute atomic E-state index is 0.0759. The van der Waals surface area contributed by atoms with Crippen molar-refractivity contribution < 1.29 is 14.4 Å². The van der Waals surface area contributed by atoms with E-state index in [1.807, 2.05) is 0 Å². The highest BCUT2D eigenvalue weighted by Crippen LogP contribution is 2.28. The van der Waals surface area contributed by atoms with Crippen LogP contribution in [0.3, 0.4) is 0 Å². The fourth-order valence-corrected chi connectivity index (χ4v) is 3.32. The molecule has 132 valence electrons. The van der Waals surface area contributed by atoms with Crippen LogP contribution < -0.4 is 16.0 Å². The first-order valence-electron chi connectivity index (χ1n) is 8.21. The van der Waals surface area contributed by atoms with Crippen LogP contribution in [0.1, 0.15) is 25.7 Å². The Morgan fingerprint density at radius 1 is 1.20 bits per heavy atom. The number of hydrogen-bond donors (Lipinski definition) is 2. The van der Waals surface area contributed by atoms with Crippen LogP contribution in [0.25, 0.3) is 0 Å². The fraction of sp³-hybridized carbons (Fsp3) is 0.412. The number of imide groups is 2. The van der Waals surface area contributed by atoms with Crippen molar-refractivity contribution in [1.82, 2.24) is 5.32 Å². The largest absolute Gasteiger partial charge is 0.335 e. The van der Waals surface area contributed by atoms with Crippen LogP contribution in [0.15, 0.2) is 29.3 Å². The molecule has 1 saturated carbocycles. The molecule has 1 heterocycles. The summed E-state index contributed by atoms with van der Waals surface area (Å²) in [5, 5.41) is 2.42. The molecule has 1 aromatic rings. The van der Waals surface area contributed by atoms with E-state index >= 15 is 0 Å². The molecule has 0 bridgehead atoms. The van der Waals surface area contributed by atoms with Gasteiger partial charge in [-0.3, -0.25) is 19.9 Å². The predicted octanol–water partition coefficient (Wildman–Crippen LogP) is 1.88. The molecule has 3 rings (SSSR count). The van der Waals surface area contributed by atoms with Crippen molar-refractivity contribution in [2.75, 3.05) is 4.90 Å². The van der Waals surface area contributed by atoms with Gasteiger partial charge in [-0.25, -0.2) is 9.69 Å². The van der Waals surface area contributed by atoms with Gasteiger partial charge in [-0.2, -0.15) is 0 Å². The zero-order chi connectivity index (χ0) is 18.0. The van der Waals surface area contributed by atoms with Crippen molar-refractivity contribution in [2.45, 2.75) is 37.8 Å². The Labute approximate surface area is 150 Å². The highest BCUT2D eigenvalue weighted by Gasteiger charge is 2.41. The third kappa shape index (κ3) is 3.57. The van der Waals surface area contributed by atoms with Crippen molar-refractivity contribution >= 4 is 41.3 Å². The highest BCUT2D eigenvalue weighted by atomic mass is 35.5. The van der Waals surface area contributed by atoms with E-state index < -0.39 is 23.8 Å².